The molecular weight excluding hydrogens is 198 g/mol. The van der Waals surface area contributed by atoms with Crippen molar-refractivity contribution in [3.05, 3.63) is 0 Å². The van der Waals surface area contributed by atoms with E-state index in [0.717, 1.165) is 13.2 Å². The van der Waals surface area contributed by atoms with Crippen molar-refractivity contribution in [3.8, 4) is 0 Å². The summed E-state index contributed by atoms with van der Waals surface area (Å²) < 4.78 is 5.84. The molecule has 0 aromatic carbocycles. The summed E-state index contributed by atoms with van der Waals surface area (Å²) >= 11 is 0. The first kappa shape index (κ1) is 15.9. The molecule has 0 aliphatic heterocycles. The SMILES string of the molecule is CCCCCCC(COC(C)(C)C)NCC. The Morgan fingerprint density at radius 3 is 2.25 bits per heavy atom. The minimum Gasteiger partial charge on any atom is -0.374 e. The van der Waals surface area contributed by atoms with Crippen molar-refractivity contribution < 1.29 is 4.74 Å². The third-order valence-electron chi connectivity index (χ3n) is 2.62. The number of hydrogen-bond acceptors (Lipinski definition) is 2. The molecule has 1 N–H and O–H groups in total. The predicted molar refractivity (Wildman–Crippen MR) is 71.9 cm³/mol. The Hall–Kier alpha value is -0.0800. The molecule has 0 aliphatic rings. The van der Waals surface area contributed by atoms with Crippen LogP contribution < -0.4 is 5.32 Å². The highest BCUT2D eigenvalue weighted by Gasteiger charge is 2.14. The Morgan fingerprint density at radius 1 is 1.06 bits per heavy atom. The molecule has 0 radical (unpaired) electrons. The molecule has 0 bridgehead atoms. The lowest BCUT2D eigenvalue weighted by Gasteiger charge is -2.25. The van der Waals surface area contributed by atoms with E-state index < -0.39 is 0 Å². The van der Waals surface area contributed by atoms with Gasteiger partial charge in [-0.25, -0.2) is 0 Å². The number of likely N-dealkylation sites (N-methyl/N-ethyl adjacent to an activating group) is 1. The summed E-state index contributed by atoms with van der Waals surface area (Å²) in [7, 11) is 0. The quantitative estimate of drug-likeness (QED) is 0.608. The molecule has 98 valence electrons. The van der Waals surface area contributed by atoms with Gasteiger partial charge in [0.2, 0.25) is 0 Å². The zero-order valence-corrected chi connectivity index (χ0v) is 11.9. The van der Waals surface area contributed by atoms with Crippen LogP contribution in [0.15, 0.2) is 0 Å². The van der Waals surface area contributed by atoms with Crippen molar-refractivity contribution in [2.75, 3.05) is 13.2 Å². The maximum atomic E-state index is 5.84. The van der Waals surface area contributed by atoms with Gasteiger partial charge in [-0.2, -0.15) is 0 Å². The van der Waals surface area contributed by atoms with Gasteiger partial charge in [-0.1, -0.05) is 39.5 Å². The molecule has 1 atom stereocenters. The molecule has 0 heterocycles. The van der Waals surface area contributed by atoms with E-state index in [-0.39, 0.29) is 5.60 Å². The van der Waals surface area contributed by atoms with Gasteiger partial charge in [0.15, 0.2) is 0 Å². The summed E-state index contributed by atoms with van der Waals surface area (Å²) in [6.45, 7) is 12.6. The van der Waals surface area contributed by atoms with Gasteiger partial charge in [-0.05, 0) is 33.7 Å². The zero-order chi connectivity index (χ0) is 12.4. The van der Waals surface area contributed by atoms with Crippen molar-refractivity contribution in [1.29, 1.82) is 0 Å². The van der Waals surface area contributed by atoms with Crippen molar-refractivity contribution in [2.45, 2.75) is 78.4 Å². The first-order valence-corrected chi connectivity index (χ1v) is 6.87. The monoisotopic (exact) mass is 229 g/mol. The van der Waals surface area contributed by atoms with Crippen LogP contribution in [0.1, 0.15) is 66.7 Å². The second kappa shape index (κ2) is 9.00. The molecule has 0 saturated carbocycles. The average molecular weight is 229 g/mol. The molecule has 0 aromatic heterocycles. The lowest BCUT2D eigenvalue weighted by molar-refractivity contribution is -0.0154. The molecule has 0 aliphatic carbocycles. The number of unbranched alkanes of at least 4 members (excludes halogenated alkanes) is 3. The summed E-state index contributed by atoms with van der Waals surface area (Å²) in [5.41, 5.74) is -0.0168. The smallest absolute Gasteiger partial charge is 0.0626 e. The summed E-state index contributed by atoms with van der Waals surface area (Å²) in [6.07, 6.45) is 6.58. The lowest BCUT2D eigenvalue weighted by Crippen LogP contribution is -2.36. The van der Waals surface area contributed by atoms with Crippen LogP contribution in [-0.2, 0) is 4.74 Å². The van der Waals surface area contributed by atoms with Crippen LogP contribution in [-0.4, -0.2) is 24.8 Å². The molecule has 0 amide bonds. The van der Waals surface area contributed by atoms with Crippen LogP contribution in [0.3, 0.4) is 0 Å². The van der Waals surface area contributed by atoms with Crippen LogP contribution in [0, 0.1) is 0 Å². The van der Waals surface area contributed by atoms with Gasteiger partial charge in [-0.15, -0.1) is 0 Å². The topological polar surface area (TPSA) is 21.3 Å². The first-order valence-electron chi connectivity index (χ1n) is 6.87. The fraction of sp³-hybridized carbons (Fsp3) is 1.00. The molecule has 1 unspecified atom stereocenters. The Bertz CT molecular complexity index is 151. The van der Waals surface area contributed by atoms with E-state index in [0.29, 0.717) is 6.04 Å². The van der Waals surface area contributed by atoms with E-state index in [2.05, 4.69) is 39.9 Å². The Balaban J connectivity index is 3.70. The average Bonchev–Trinajstić information content (AvgIpc) is 2.19. The number of hydrogen-bond donors (Lipinski definition) is 1. The largest absolute Gasteiger partial charge is 0.374 e. The van der Waals surface area contributed by atoms with Gasteiger partial charge in [0, 0.05) is 6.04 Å². The van der Waals surface area contributed by atoms with Crippen molar-refractivity contribution in [2.24, 2.45) is 0 Å². The van der Waals surface area contributed by atoms with Crippen LogP contribution in [0.25, 0.3) is 0 Å². The third-order valence-corrected chi connectivity index (χ3v) is 2.62. The van der Waals surface area contributed by atoms with E-state index in [1.54, 1.807) is 0 Å². The van der Waals surface area contributed by atoms with Crippen LogP contribution in [0.2, 0.25) is 0 Å². The Labute approximate surface area is 102 Å². The first-order chi connectivity index (χ1) is 7.49. The molecule has 0 fully saturated rings. The highest BCUT2D eigenvalue weighted by atomic mass is 16.5. The molecule has 0 aromatic rings. The minimum atomic E-state index is -0.0168. The van der Waals surface area contributed by atoms with Crippen molar-refractivity contribution in [3.63, 3.8) is 0 Å². The van der Waals surface area contributed by atoms with Crippen molar-refractivity contribution >= 4 is 0 Å². The van der Waals surface area contributed by atoms with Crippen LogP contribution in [0.5, 0.6) is 0 Å². The van der Waals surface area contributed by atoms with Gasteiger partial charge in [0.25, 0.3) is 0 Å². The lowest BCUT2D eigenvalue weighted by atomic mass is 10.1. The third kappa shape index (κ3) is 10.4. The molecular formula is C14H31NO. The fourth-order valence-corrected chi connectivity index (χ4v) is 1.70. The van der Waals surface area contributed by atoms with Gasteiger partial charge in [-0.3, -0.25) is 0 Å². The van der Waals surface area contributed by atoms with E-state index in [1.165, 1.54) is 32.1 Å². The molecule has 2 heteroatoms. The second-order valence-corrected chi connectivity index (χ2v) is 5.53. The highest BCUT2D eigenvalue weighted by molar-refractivity contribution is 4.68. The maximum Gasteiger partial charge on any atom is 0.0626 e. The van der Waals surface area contributed by atoms with Gasteiger partial charge >= 0.3 is 0 Å². The Morgan fingerprint density at radius 2 is 1.75 bits per heavy atom. The minimum absolute atomic E-state index is 0.0168. The Kier molecular flexibility index (Phi) is 8.96. The van der Waals surface area contributed by atoms with E-state index in [1.807, 2.05) is 0 Å². The van der Waals surface area contributed by atoms with Crippen LogP contribution >= 0.6 is 0 Å². The molecule has 0 rings (SSSR count). The molecule has 2 nitrogen and oxygen atoms in total. The van der Waals surface area contributed by atoms with E-state index in [4.69, 9.17) is 4.74 Å². The molecule has 0 spiro atoms. The maximum absolute atomic E-state index is 5.84. The van der Waals surface area contributed by atoms with Crippen molar-refractivity contribution in [1.82, 2.24) is 5.32 Å². The zero-order valence-electron chi connectivity index (χ0n) is 11.9. The van der Waals surface area contributed by atoms with E-state index >= 15 is 0 Å². The summed E-state index contributed by atoms with van der Waals surface area (Å²) in [6, 6.07) is 0.529. The van der Waals surface area contributed by atoms with Gasteiger partial charge < -0.3 is 10.1 Å². The second-order valence-electron chi connectivity index (χ2n) is 5.53. The highest BCUT2D eigenvalue weighted by Crippen LogP contribution is 2.11. The molecule has 0 saturated heterocycles. The summed E-state index contributed by atoms with van der Waals surface area (Å²) in [4.78, 5) is 0. The molecule has 16 heavy (non-hydrogen) atoms. The van der Waals surface area contributed by atoms with E-state index in [9.17, 15) is 0 Å². The summed E-state index contributed by atoms with van der Waals surface area (Å²) in [5.74, 6) is 0. The number of nitrogens with one attached hydrogen (secondary N) is 1. The summed E-state index contributed by atoms with van der Waals surface area (Å²) in [5, 5.41) is 3.51. The normalized spacial score (nSPS) is 14.1. The van der Waals surface area contributed by atoms with Gasteiger partial charge in [0.05, 0.1) is 12.2 Å². The van der Waals surface area contributed by atoms with Gasteiger partial charge in [0.1, 0.15) is 0 Å². The number of ether oxygens (including phenoxy) is 1. The predicted octanol–water partition coefficient (Wildman–Crippen LogP) is 3.75. The fourth-order valence-electron chi connectivity index (χ4n) is 1.70. The number of rotatable bonds is 9. The standard InChI is InChI=1S/C14H31NO/c1-6-8-9-10-11-13(15-7-2)12-16-14(3,4)5/h13,15H,6-12H2,1-5H3. The van der Waals surface area contributed by atoms with Crippen LogP contribution in [0.4, 0.5) is 0 Å².